The first-order chi connectivity index (χ1) is 19.5. The van der Waals surface area contributed by atoms with Gasteiger partial charge in [0.1, 0.15) is 24.1 Å². The summed E-state index contributed by atoms with van der Waals surface area (Å²) in [6.45, 7) is 2.71. The van der Waals surface area contributed by atoms with Crippen LogP contribution >= 0.6 is 0 Å². The second-order valence-electron chi connectivity index (χ2n) is 10.8. The molecule has 3 heterocycles. The number of carbonyl (C=O) groups excluding carboxylic acids is 3. The quantitative estimate of drug-likeness (QED) is 0.434. The number of carbonyl (C=O) groups is 3. The van der Waals surface area contributed by atoms with E-state index in [1.54, 1.807) is 24.3 Å². The van der Waals surface area contributed by atoms with E-state index in [2.05, 4.69) is 34.5 Å². The molecule has 3 aromatic rings. The Morgan fingerprint density at radius 2 is 1.60 bits per heavy atom. The third-order valence-electron chi connectivity index (χ3n) is 8.19. The molecule has 0 aromatic heterocycles. The molecule has 3 aliphatic heterocycles. The van der Waals surface area contributed by atoms with Gasteiger partial charge in [0.05, 0.1) is 12.6 Å². The molecule has 2 fully saturated rings. The third-order valence-corrected chi connectivity index (χ3v) is 8.19. The molecule has 8 heteroatoms. The normalized spacial score (nSPS) is 20.2. The highest BCUT2D eigenvalue weighted by Gasteiger charge is 2.40. The Bertz CT molecular complexity index is 1410. The lowest BCUT2D eigenvalue weighted by molar-refractivity contribution is -0.136. The zero-order chi connectivity index (χ0) is 27.6. The molecule has 2 atom stereocenters. The Morgan fingerprint density at radius 1 is 0.900 bits per heavy atom. The van der Waals surface area contributed by atoms with Crippen LogP contribution in [0.2, 0.25) is 0 Å². The van der Waals surface area contributed by atoms with E-state index in [0.717, 1.165) is 29.8 Å². The maximum atomic E-state index is 13.1. The van der Waals surface area contributed by atoms with Crippen molar-refractivity contribution in [1.82, 2.24) is 15.1 Å². The third kappa shape index (κ3) is 5.19. The minimum Gasteiger partial charge on any atom is -0.508 e. The molecule has 6 rings (SSSR count). The summed E-state index contributed by atoms with van der Waals surface area (Å²) in [5.41, 5.74) is 4.68. The van der Waals surface area contributed by atoms with Crippen molar-refractivity contribution in [3.05, 3.63) is 94.5 Å². The molecule has 3 amide bonds. The molecule has 0 radical (unpaired) electrons. The van der Waals surface area contributed by atoms with Gasteiger partial charge in [0.25, 0.3) is 5.91 Å². The number of hydrogen-bond donors (Lipinski definition) is 2. The number of nitrogens with zero attached hydrogens (tertiary/aromatic N) is 2. The number of aromatic hydroxyl groups is 1. The van der Waals surface area contributed by atoms with Crippen molar-refractivity contribution in [2.45, 2.75) is 57.3 Å². The van der Waals surface area contributed by atoms with Gasteiger partial charge in [-0.05, 0) is 73.3 Å². The number of imide groups is 1. The summed E-state index contributed by atoms with van der Waals surface area (Å²) in [5.74, 6) is -0.0406. The maximum Gasteiger partial charge on any atom is 0.255 e. The minimum absolute atomic E-state index is 0.123. The number of amides is 3. The van der Waals surface area contributed by atoms with Crippen molar-refractivity contribution in [3.8, 4) is 11.5 Å². The average Bonchev–Trinajstić information content (AvgIpc) is 3.31. The molecule has 3 aromatic carbocycles. The Morgan fingerprint density at radius 3 is 2.30 bits per heavy atom. The number of likely N-dealkylation sites (tertiary alicyclic amines) is 1. The largest absolute Gasteiger partial charge is 0.508 e. The van der Waals surface area contributed by atoms with E-state index in [1.165, 1.54) is 29.7 Å². The van der Waals surface area contributed by atoms with Crippen molar-refractivity contribution in [2.75, 3.05) is 13.1 Å². The minimum atomic E-state index is -0.653. The van der Waals surface area contributed by atoms with Crippen LogP contribution in [0.15, 0.2) is 66.7 Å². The topological polar surface area (TPSA) is 99.2 Å². The van der Waals surface area contributed by atoms with Crippen LogP contribution in [0.25, 0.3) is 0 Å². The lowest BCUT2D eigenvalue weighted by Crippen LogP contribution is -2.52. The molecule has 2 N–H and O–H groups in total. The fourth-order valence-electron chi connectivity index (χ4n) is 6.10. The lowest BCUT2D eigenvalue weighted by atomic mass is 9.94. The summed E-state index contributed by atoms with van der Waals surface area (Å²) >= 11 is 0. The lowest BCUT2D eigenvalue weighted by Gasteiger charge is -2.35. The summed E-state index contributed by atoms with van der Waals surface area (Å²) in [6.07, 6.45) is 4.18. The number of hydrogen-bond acceptors (Lipinski definition) is 6. The molecule has 0 spiro atoms. The number of phenols is 1. The van der Waals surface area contributed by atoms with Crippen LogP contribution in [0.1, 0.15) is 70.8 Å². The van der Waals surface area contributed by atoms with Crippen LogP contribution in [0.5, 0.6) is 11.5 Å². The maximum absolute atomic E-state index is 13.1. The number of fused-ring (bicyclic) bond motifs is 1. The Kier molecular flexibility index (Phi) is 7.26. The molecule has 2 unspecified atom stereocenters. The molecule has 0 bridgehead atoms. The van der Waals surface area contributed by atoms with Gasteiger partial charge in [-0.3, -0.25) is 24.6 Å². The van der Waals surface area contributed by atoms with E-state index in [-0.39, 0.29) is 36.6 Å². The smallest absolute Gasteiger partial charge is 0.255 e. The second-order valence-corrected chi connectivity index (χ2v) is 10.8. The van der Waals surface area contributed by atoms with Crippen LogP contribution in [-0.2, 0) is 22.7 Å². The molecular formula is C32H33N3O5. The molecule has 0 saturated carbocycles. The summed E-state index contributed by atoms with van der Waals surface area (Å²) in [4.78, 5) is 41.1. The van der Waals surface area contributed by atoms with Crippen molar-refractivity contribution in [1.29, 1.82) is 0 Å². The molecule has 0 aliphatic carbocycles. The zero-order valence-electron chi connectivity index (χ0n) is 22.3. The van der Waals surface area contributed by atoms with Crippen molar-refractivity contribution in [2.24, 2.45) is 0 Å². The highest BCUT2D eigenvalue weighted by atomic mass is 16.5. The SMILES string of the molecule is O=C1CCC(N2Cc3c(OCc4ccc(C(c5ccc(O)cc5)N5CCCCC5)cc4)cccc3C2=O)C(=O)N1. The van der Waals surface area contributed by atoms with E-state index in [4.69, 9.17) is 4.74 Å². The number of phenolic OH excluding ortho intramolecular Hbond substituents is 1. The first kappa shape index (κ1) is 26.1. The van der Waals surface area contributed by atoms with Gasteiger partial charge in [-0.25, -0.2) is 0 Å². The summed E-state index contributed by atoms with van der Waals surface area (Å²) in [5, 5.41) is 12.1. The predicted octanol–water partition coefficient (Wildman–Crippen LogP) is 4.31. The van der Waals surface area contributed by atoms with Gasteiger partial charge in [-0.2, -0.15) is 0 Å². The summed E-state index contributed by atoms with van der Waals surface area (Å²) in [6, 6.07) is 20.8. The highest BCUT2D eigenvalue weighted by Crippen LogP contribution is 2.35. The predicted molar refractivity (Wildman–Crippen MR) is 149 cm³/mol. The van der Waals surface area contributed by atoms with Gasteiger partial charge in [0.2, 0.25) is 11.8 Å². The summed E-state index contributed by atoms with van der Waals surface area (Å²) in [7, 11) is 0. The van der Waals surface area contributed by atoms with Gasteiger partial charge in [0.15, 0.2) is 0 Å². The second kappa shape index (κ2) is 11.1. The van der Waals surface area contributed by atoms with Crippen LogP contribution in [0.3, 0.4) is 0 Å². The van der Waals surface area contributed by atoms with Crippen molar-refractivity contribution >= 4 is 17.7 Å². The Labute approximate surface area is 233 Å². The van der Waals surface area contributed by atoms with Gasteiger partial charge < -0.3 is 14.7 Å². The van der Waals surface area contributed by atoms with Gasteiger partial charge in [-0.1, -0.05) is 48.9 Å². The fourth-order valence-corrected chi connectivity index (χ4v) is 6.10. The van der Waals surface area contributed by atoms with Gasteiger partial charge >= 0.3 is 0 Å². The number of nitrogens with one attached hydrogen (secondary N) is 1. The van der Waals surface area contributed by atoms with E-state index in [1.807, 2.05) is 18.2 Å². The van der Waals surface area contributed by atoms with Crippen LogP contribution in [-0.4, -0.2) is 51.8 Å². The van der Waals surface area contributed by atoms with E-state index in [9.17, 15) is 19.5 Å². The van der Waals surface area contributed by atoms with Crippen LogP contribution in [0.4, 0.5) is 0 Å². The van der Waals surface area contributed by atoms with Gasteiger partial charge in [-0.15, -0.1) is 0 Å². The number of benzene rings is 3. The van der Waals surface area contributed by atoms with E-state index in [0.29, 0.717) is 24.3 Å². The first-order valence-electron chi connectivity index (χ1n) is 14.0. The average molecular weight is 540 g/mol. The number of rotatable bonds is 7. The Hall–Kier alpha value is -4.17. The number of ether oxygens (including phenoxy) is 1. The standard InChI is InChI=1S/C32H33N3O5/c36-24-13-11-23(12-14-24)30(34-17-2-1-3-18-34)22-9-7-21(8-10-22)20-40-28-6-4-5-25-26(28)19-35(32(25)39)27-15-16-29(37)33-31(27)38/h4-14,27,30,36H,1-3,15-20H2,(H,33,37,38). The highest BCUT2D eigenvalue weighted by molar-refractivity contribution is 6.05. The number of piperidine rings is 2. The summed E-state index contributed by atoms with van der Waals surface area (Å²) < 4.78 is 6.21. The van der Waals surface area contributed by atoms with E-state index >= 15 is 0 Å². The molecule has 40 heavy (non-hydrogen) atoms. The fraction of sp³-hybridized carbons (Fsp3) is 0.344. The van der Waals surface area contributed by atoms with Crippen molar-refractivity contribution < 1.29 is 24.2 Å². The molecule has 2 saturated heterocycles. The van der Waals surface area contributed by atoms with Gasteiger partial charge in [0, 0.05) is 17.5 Å². The Balaban J connectivity index is 1.17. The van der Waals surface area contributed by atoms with Crippen molar-refractivity contribution in [3.63, 3.8) is 0 Å². The first-order valence-corrected chi connectivity index (χ1v) is 14.0. The molecule has 206 valence electrons. The zero-order valence-corrected chi connectivity index (χ0v) is 22.3. The molecule has 8 nitrogen and oxygen atoms in total. The molecular weight excluding hydrogens is 506 g/mol. The van der Waals surface area contributed by atoms with Crippen LogP contribution in [0, 0.1) is 0 Å². The van der Waals surface area contributed by atoms with E-state index < -0.39 is 11.9 Å². The molecule has 3 aliphatic rings. The van der Waals surface area contributed by atoms with Crippen LogP contribution < -0.4 is 10.1 Å². The monoisotopic (exact) mass is 539 g/mol.